The van der Waals surface area contributed by atoms with Gasteiger partial charge in [0.15, 0.2) is 0 Å². The predicted molar refractivity (Wildman–Crippen MR) is 91.7 cm³/mol. The van der Waals surface area contributed by atoms with Crippen LogP contribution in [0.1, 0.15) is 26.2 Å². The van der Waals surface area contributed by atoms with Crippen molar-refractivity contribution in [3.63, 3.8) is 0 Å². The summed E-state index contributed by atoms with van der Waals surface area (Å²) in [5.41, 5.74) is 0. The van der Waals surface area contributed by atoms with Gasteiger partial charge in [0.25, 0.3) is 0 Å². The van der Waals surface area contributed by atoms with Crippen molar-refractivity contribution < 1.29 is 8.42 Å². The Morgan fingerprint density at radius 1 is 1.35 bits per heavy atom. The Morgan fingerprint density at radius 2 is 2.10 bits per heavy atom. The number of hydrogen-bond donors (Lipinski definition) is 1. The zero-order valence-electron chi connectivity index (χ0n) is 11.1. The average molecular weight is 443 g/mol. The van der Waals surface area contributed by atoms with Gasteiger partial charge in [-0.25, -0.2) is 13.1 Å². The Hall–Kier alpha value is 0.440. The molecule has 0 saturated heterocycles. The van der Waals surface area contributed by atoms with Crippen LogP contribution in [0.5, 0.6) is 0 Å². The van der Waals surface area contributed by atoms with E-state index >= 15 is 0 Å². The predicted octanol–water partition coefficient (Wildman–Crippen LogP) is 4.16. The quantitative estimate of drug-likeness (QED) is 0.744. The van der Waals surface area contributed by atoms with E-state index in [0.717, 1.165) is 29.5 Å². The molecule has 2 atom stereocenters. The standard InChI is InChI=1S/C13H17Br2NO2S2/c1-2-19-11-5-4-10(8-11)16-20(17,18)13-7-9(14)3-6-12(13)15/h3,6-7,10-11,16H,2,4-5,8H2,1H3. The molecule has 0 amide bonds. The second-order valence-corrected chi connectivity index (χ2v) is 9.81. The van der Waals surface area contributed by atoms with Crippen molar-refractivity contribution in [1.82, 2.24) is 4.72 Å². The molecule has 1 aromatic carbocycles. The van der Waals surface area contributed by atoms with Gasteiger partial charge in [-0.2, -0.15) is 11.8 Å². The number of thioether (sulfide) groups is 1. The van der Waals surface area contributed by atoms with Crippen LogP contribution in [0.25, 0.3) is 0 Å². The first-order valence-electron chi connectivity index (χ1n) is 6.51. The summed E-state index contributed by atoms with van der Waals surface area (Å²) in [7, 11) is -3.47. The number of nitrogens with one attached hydrogen (secondary N) is 1. The van der Waals surface area contributed by atoms with Crippen molar-refractivity contribution in [2.45, 2.75) is 42.4 Å². The van der Waals surface area contributed by atoms with E-state index in [1.54, 1.807) is 12.1 Å². The normalized spacial score (nSPS) is 23.1. The van der Waals surface area contributed by atoms with Gasteiger partial charge >= 0.3 is 0 Å². The molecule has 0 aliphatic heterocycles. The average Bonchev–Trinajstić information content (AvgIpc) is 2.79. The van der Waals surface area contributed by atoms with Crippen LogP contribution in [0.2, 0.25) is 0 Å². The minimum atomic E-state index is -3.47. The van der Waals surface area contributed by atoms with Gasteiger partial charge in [-0.1, -0.05) is 22.9 Å². The highest BCUT2D eigenvalue weighted by Gasteiger charge is 2.29. The fraction of sp³-hybridized carbons (Fsp3) is 0.538. The second-order valence-electron chi connectivity index (χ2n) is 4.78. The summed E-state index contributed by atoms with van der Waals surface area (Å²) in [5.74, 6) is 1.08. The molecule has 0 bridgehead atoms. The van der Waals surface area contributed by atoms with Gasteiger partial charge in [0.05, 0.1) is 4.90 Å². The SMILES string of the molecule is CCSC1CCC(NS(=O)(=O)c2cc(Br)ccc2Br)C1. The lowest BCUT2D eigenvalue weighted by atomic mass is 10.3. The van der Waals surface area contributed by atoms with Crippen LogP contribution >= 0.6 is 43.6 Å². The van der Waals surface area contributed by atoms with Gasteiger partial charge in [-0.05, 0) is 59.1 Å². The van der Waals surface area contributed by atoms with Crippen molar-refractivity contribution in [1.29, 1.82) is 0 Å². The first-order valence-corrected chi connectivity index (χ1v) is 10.6. The molecule has 112 valence electrons. The lowest BCUT2D eigenvalue weighted by Crippen LogP contribution is -2.33. The molecule has 0 heterocycles. The summed E-state index contributed by atoms with van der Waals surface area (Å²) in [4.78, 5) is 0.290. The third kappa shape index (κ3) is 4.22. The van der Waals surface area contributed by atoms with Gasteiger partial charge in [-0.15, -0.1) is 0 Å². The fourth-order valence-corrected chi connectivity index (χ4v) is 6.33. The smallest absolute Gasteiger partial charge is 0.208 e. The van der Waals surface area contributed by atoms with E-state index in [4.69, 9.17) is 0 Å². The molecule has 0 radical (unpaired) electrons. The summed E-state index contributed by atoms with van der Waals surface area (Å²) in [6.45, 7) is 2.14. The van der Waals surface area contributed by atoms with Gasteiger partial charge < -0.3 is 0 Å². The topological polar surface area (TPSA) is 46.2 Å². The summed E-state index contributed by atoms with van der Waals surface area (Å²) in [6, 6.07) is 5.23. The van der Waals surface area contributed by atoms with Crippen molar-refractivity contribution in [2.24, 2.45) is 0 Å². The van der Waals surface area contributed by atoms with Crippen molar-refractivity contribution in [3.8, 4) is 0 Å². The van der Waals surface area contributed by atoms with Crippen LogP contribution in [-0.2, 0) is 10.0 Å². The Bertz CT molecular complexity index is 578. The third-order valence-electron chi connectivity index (χ3n) is 3.29. The highest BCUT2D eigenvalue weighted by molar-refractivity contribution is 9.11. The Labute approximate surface area is 141 Å². The van der Waals surface area contributed by atoms with Gasteiger partial charge in [-0.3, -0.25) is 0 Å². The maximum absolute atomic E-state index is 12.5. The monoisotopic (exact) mass is 441 g/mol. The molecular weight excluding hydrogens is 426 g/mol. The number of hydrogen-bond acceptors (Lipinski definition) is 3. The van der Waals surface area contributed by atoms with E-state index in [0.29, 0.717) is 14.6 Å². The summed E-state index contributed by atoms with van der Waals surface area (Å²) < 4.78 is 29.1. The zero-order valence-corrected chi connectivity index (χ0v) is 15.9. The third-order valence-corrected chi connectivity index (χ3v) is 7.53. The summed E-state index contributed by atoms with van der Waals surface area (Å²) in [5, 5.41) is 0.582. The molecule has 3 nitrogen and oxygen atoms in total. The lowest BCUT2D eigenvalue weighted by Gasteiger charge is -2.14. The molecule has 1 aliphatic rings. The van der Waals surface area contributed by atoms with Crippen LogP contribution in [0.15, 0.2) is 32.0 Å². The van der Waals surface area contributed by atoms with Crippen molar-refractivity contribution >= 4 is 53.6 Å². The maximum atomic E-state index is 12.5. The molecule has 2 unspecified atom stereocenters. The molecule has 20 heavy (non-hydrogen) atoms. The van der Waals surface area contributed by atoms with Crippen LogP contribution < -0.4 is 4.72 Å². The Kier molecular flexibility index (Phi) is 5.99. The number of sulfonamides is 1. The van der Waals surface area contributed by atoms with Gasteiger partial charge in [0.1, 0.15) is 0 Å². The highest BCUT2D eigenvalue weighted by atomic mass is 79.9. The first kappa shape index (κ1) is 16.8. The van der Waals surface area contributed by atoms with Crippen LogP contribution in [0.4, 0.5) is 0 Å². The van der Waals surface area contributed by atoms with E-state index in [2.05, 4.69) is 43.5 Å². The Morgan fingerprint density at radius 3 is 2.80 bits per heavy atom. The maximum Gasteiger partial charge on any atom is 0.241 e. The number of halogens is 2. The molecule has 2 rings (SSSR count). The van der Waals surface area contributed by atoms with E-state index < -0.39 is 10.0 Å². The molecule has 7 heteroatoms. The highest BCUT2D eigenvalue weighted by Crippen LogP contribution is 2.32. The van der Waals surface area contributed by atoms with Crippen LogP contribution in [0, 0.1) is 0 Å². The van der Waals surface area contributed by atoms with Crippen molar-refractivity contribution in [3.05, 3.63) is 27.1 Å². The van der Waals surface area contributed by atoms with Crippen LogP contribution in [0.3, 0.4) is 0 Å². The van der Waals surface area contributed by atoms with Crippen LogP contribution in [-0.4, -0.2) is 25.5 Å². The van der Waals surface area contributed by atoms with Gasteiger partial charge in [0.2, 0.25) is 10.0 Å². The molecular formula is C13H17Br2NO2S2. The molecule has 1 aliphatic carbocycles. The molecule has 0 spiro atoms. The first-order chi connectivity index (χ1) is 9.42. The largest absolute Gasteiger partial charge is 0.241 e. The van der Waals surface area contributed by atoms with E-state index in [-0.39, 0.29) is 6.04 Å². The zero-order chi connectivity index (χ0) is 14.8. The minimum absolute atomic E-state index is 0.0509. The van der Waals surface area contributed by atoms with Crippen molar-refractivity contribution in [2.75, 3.05) is 5.75 Å². The Balaban J connectivity index is 2.10. The lowest BCUT2D eigenvalue weighted by molar-refractivity contribution is 0.552. The minimum Gasteiger partial charge on any atom is -0.208 e. The number of rotatable bonds is 5. The molecule has 1 aromatic rings. The fourth-order valence-electron chi connectivity index (χ4n) is 2.40. The summed E-state index contributed by atoms with van der Waals surface area (Å²) in [6.07, 6.45) is 2.93. The molecule has 1 N–H and O–H groups in total. The van der Waals surface area contributed by atoms with E-state index in [9.17, 15) is 8.42 Å². The molecule has 1 fully saturated rings. The summed E-state index contributed by atoms with van der Waals surface area (Å²) >= 11 is 8.54. The number of benzene rings is 1. The van der Waals surface area contributed by atoms with E-state index in [1.165, 1.54) is 0 Å². The molecule has 1 saturated carbocycles. The van der Waals surface area contributed by atoms with Gasteiger partial charge in [0, 0.05) is 20.2 Å². The van der Waals surface area contributed by atoms with E-state index in [1.807, 2.05) is 17.8 Å². The molecule has 0 aromatic heterocycles. The second kappa shape index (κ2) is 7.13.